The number of hydrogen-bond acceptors (Lipinski definition) is 8. The average molecular weight is 749 g/mol. The Morgan fingerprint density at radius 1 is 0.836 bits per heavy atom. The number of ether oxygens (including phenoxy) is 2. The van der Waals surface area contributed by atoms with Crippen LogP contribution < -0.4 is 9.80 Å². The van der Waals surface area contributed by atoms with E-state index in [2.05, 4.69) is 16.0 Å². The van der Waals surface area contributed by atoms with Crippen molar-refractivity contribution in [3.63, 3.8) is 0 Å². The normalized spacial score (nSPS) is 17.8. The lowest BCUT2D eigenvalue weighted by Crippen LogP contribution is -2.45. The lowest BCUT2D eigenvalue weighted by Gasteiger charge is -2.32. The van der Waals surface area contributed by atoms with Crippen molar-refractivity contribution in [3.8, 4) is 0 Å². The van der Waals surface area contributed by atoms with Gasteiger partial charge in [0, 0.05) is 46.8 Å². The van der Waals surface area contributed by atoms with Gasteiger partial charge in [-0.3, -0.25) is 24.2 Å². The van der Waals surface area contributed by atoms with Gasteiger partial charge in [0.1, 0.15) is 17.9 Å². The van der Waals surface area contributed by atoms with Gasteiger partial charge in [0.25, 0.3) is 0 Å². The van der Waals surface area contributed by atoms with Gasteiger partial charge in [0.2, 0.25) is 11.8 Å². The molecule has 0 radical (unpaired) electrons. The molecule has 5 heterocycles. The van der Waals surface area contributed by atoms with Crippen LogP contribution in [0.3, 0.4) is 0 Å². The first-order chi connectivity index (χ1) is 26.1. The molecule has 3 aliphatic heterocycles. The van der Waals surface area contributed by atoms with Gasteiger partial charge in [0.05, 0.1) is 25.6 Å². The summed E-state index contributed by atoms with van der Waals surface area (Å²) in [6, 6.07) is 19.5. The third kappa shape index (κ3) is 10.1. The number of aryl methyl sites for hydroxylation is 2. The number of nitrogens with zero attached hydrogens (tertiary/aromatic N) is 4. The van der Waals surface area contributed by atoms with Crippen LogP contribution in [0.2, 0.25) is 0 Å². The molecule has 55 heavy (non-hydrogen) atoms. The van der Waals surface area contributed by atoms with E-state index in [1.54, 1.807) is 22.2 Å². The minimum Gasteiger partial charge on any atom is -0.392 e. The number of anilines is 2. The van der Waals surface area contributed by atoms with E-state index < -0.39 is 0 Å². The van der Waals surface area contributed by atoms with Gasteiger partial charge >= 0.3 is 0 Å². The van der Waals surface area contributed by atoms with Crippen molar-refractivity contribution in [2.45, 2.75) is 124 Å². The number of fused-ring (bicyclic) bond motifs is 2. The second-order valence-electron chi connectivity index (χ2n) is 16.4. The third-order valence-electron chi connectivity index (χ3n) is 9.88. The minimum atomic E-state index is -0.318. The first-order valence-electron chi connectivity index (χ1n) is 19.2. The highest BCUT2D eigenvalue weighted by molar-refractivity contribution is 6.05. The zero-order valence-corrected chi connectivity index (χ0v) is 33.6. The molecule has 2 amide bonds. The van der Waals surface area contributed by atoms with Gasteiger partial charge in [-0.2, -0.15) is 0 Å². The van der Waals surface area contributed by atoms with Gasteiger partial charge in [-0.25, -0.2) is 9.97 Å². The number of aliphatic hydroxyl groups is 1. The van der Waals surface area contributed by atoms with Crippen molar-refractivity contribution >= 4 is 29.7 Å². The fourth-order valence-electron chi connectivity index (χ4n) is 7.23. The average Bonchev–Trinajstić information content (AvgIpc) is 3.65. The van der Waals surface area contributed by atoms with Crippen LogP contribution in [-0.4, -0.2) is 57.1 Å². The molecule has 1 saturated heterocycles. The van der Waals surface area contributed by atoms with Gasteiger partial charge in [0.15, 0.2) is 6.29 Å². The topological polar surface area (TPSA) is 122 Å². The molecule has 4 aromatic rings. The predicted molar refractivity (Wildman–Crippen MR) is 215 cm³/mol. The highest BCUT2D eigenvalue weighted by Crippen LogP contribution is 2.41. The quantitative estimate of drug-likeness (QED) is 0.189. The molecule has 0 bridgehead atoms. The summed E-state index contributed by atoms with van der Waals surface area (Å²) < 4.78 is 11.2. The maximum Gasteiger partial charge on any atom is 0.236 e. The van der Waals surface area contributed by atoms with Crippen LogP contribution in [0.15, 0.2) is 73.1 Å². The maximum atomic E-state index is 13.1. The summed E-state index contributed by atoms with van der Waals surface area (Å²) in [6.45, 7) is 17.3. The van der Waals surface area contributed by atoms with E-state index in [0.717, 1.165) is 82.7 Å². The summed E-state index contributed by atoms with van der Waals surface area (Å²) in [4.78, 5) is 48.1. The zero-order chi connectivity index (χ0) is 39.9. The Hall–Kier alpha value is -4.77. The monoisotopic (exact) mass is 748 g/mol. The summed E-state index contributed by atoms with van der Waals surface area (Å²) in [5.74, 6) is 1.57. The number of hydrogen-bond donors (Lipinski definition) is 1. The Bertz CT molecular complexity index is 1970. The number of pyridine rings is 2. The zero-order valence-electron chi connectivity index (χ0n) is 33.6. The predicted octanol–water partition coefficient (Wildman–Crippen LogP) is 7.97. The van der Waals surface area contributed by atoms with E-state index in [0.29, 0.717) is 25.0 Å². The fraction of sp³-hybridized carbons (Fsp3) is 0.444. The van der Waals surface area contributed by atoms with E-state index in [1.165, 1.54) is 0 Å². The van der Waals surface area contributed by atoms with Crippen molar-refractivity contribution in [1.82, 2.24) is 9.97 Å². The highest BCUT2D eigenvalue weighted by atomic mass is 16.7. The molecule has 2 aromatic heterocycles. The van der Waals surface area contributed by atoms with Gasteiger partial charge < -0.3 is 14.6 Å². The second kappa shape index (κ2) is 17.8. The van der Waals surface area contributed by atoms with Crippen molar-refractivity contribution in [3.05, 3.63) is 118 Å². The maximum absolute atomic E-state index is 13.1. The summed E-state index contributed by atoms with van der Waals surface area (Å²) >= 11 is 0. The van der Waals surface area contributed by atoms with E-state index in [-0.39, 0.29) is 41.7 Å². The number of carbonyl (C=O) groups is 3. The molecule has 3 aliphatic rings. The molecule has 0 saturated carbocycles. The number of rotatable bonds is 7. The van der Waals surface area contributed by atoms with Crippen LogP contribution in [0.1, 0.15) is 116 Å². The van der Waals surface area contributed by atoms with Crippen LogP contribution in [0.25, 0.3) is 0 Å². The first-order valence-corrected chi connectivity index (χ1v) is 19.2. The molecule has 2 atom stereocenters. The molecular formula is C45H56N4O6. The Kier molecular flexibility index (Phi) is 13.4. The lowest BCUT2D eigenvalue weighted by atomic mass is 9.91. The number of amides is 2. The number of aliphatic hydroxyl groups excluding tert-OH is 1. The van der Waals surface area contributed by atoms with Gasteiger partial charge in [-0.15, -0.1) is 0 Å². The van der Waals surface area contributed by atoms with Crippen LogP contribution in [0.4, 0.5) is 11.6 Å². The molecule has 1 fully saturated rings. The smallest absolute Gasteiger partial charge is 0.236 e. The Morgan fingerprint density at radius 2 is 1.49 bits per heavy atom. The van der Waals surface area contributed by atoms with Crippen LogP contribution >= 0.6 is 0 Å². The molecule has 0 aliphatic carbocycles. The van der Waals surface area contributed by atoms with Crippen molar-refractivity contribution in [2.75, 3.05) is 16.4 Å². The standard InChI is InChI=1S/C20H24N2O2.C14H18O3.C11H14N2O/c1-13-7-8-14(12-23)15(10-13)11-17-16-6-5-9-21-18(16)22(19(17)24)20(2,3)4;1-11-5-6-12(13(8-11)9-15)10-17-14-4-2-3-7-16-14;1-11(2,3)13-9(14)7-8-5-4-6-12-10(8)13/h5-10,17,23H,11-12H2,1-4H3;5-6,8-9,14H,2-4,7,10H2,1H3;4-6H,7H2,1-3H3. The lowest BCUT2D eigenvalue weighted by molar-refractivity contribution is -0.168. The molecule has 2 unspecified atom stereocenters. The van der Waals surface area contributed by atoms with Gasteiger partial charge in [-0.1, -0.05) is 53.6 Å². The summed E-state index contributed by atoms with van der Waals surface area (Å²) in [6.07, 6.45) is 8.53. The number of benzene rings is 2. The van der Waals surface area contributed by atoms with Gasteiger partial charge in [-0.05, 0) is 116 Å². The first kappa shape index (κ1) is 41.4. The van der Waals surface area contributed by atoms with Crippen molar-refractivity contribution in [2.24, 2.45) is 0 Å². The number of carbonyl (C=O) groups excluding carboxylic acids is 3. The number of aldehydes is 1. The van der Waals surface area contributed by atoms with Crippen molar-refractivity contribution < 1.29 is 29.0 Å². The molecule has 2 aromatic carbocycles. The van der Waals surface area contributed by atoms with E-state index >= 15 is 0 Å². The van der Waals surface area contributed by atoms with Crippen LogP contribution in [0.5, 0.6) is 0 Å². The molecule has 0 spiro atoms. The van der Waals surface area contributed by atoms with E-state index in [1.807, 2.05) is 110 Å². The summed E-state index contributed by atoms with van der Waals surface area (Å²) in [5, 5.41) is 9.62. The van der Waals surface area contributed by atoms with Crippen LogP contribution in [0, 0.1) is 13.8 Å². The highest BCUT2D eigenvalue weighted by Gasteiger charge is 2.43. The Balaban J connectivity index is 0.000000165. The summed E-state index contributed by atoms with van der Waals surface area (Å²) in [5.41, 5.74) is 7.28. The Morgan fingerprint density at radius 3 is 2.13 bits per heavy atom. The number of aromatic nitrogens is 2. The third-order valence-corrected chi connectivity index (χ3v) is 9.88. The Labute approximate surface area is 325 Å². The molecule has 7 rings (SSSR count). The van der Waals surface area contributed by atoms with E-state index in [9.17, 15) is 19.5 Å². The molecular weight excluding hydrogens is 693 g/mol. The van der Waals surface area contributed by atoms with Crippen molar-refractivity contribution in [1.29, 1.82) is 0 Å². The second-order valence-corrected chi connectivity index (χ2v) is 16.4. The largest absolute Gasteiger partial charge is 0.392 e. The van der Waals surface area contributed by atoms with E-state index in [4.69, 9.17) is 9.47 Å². The minimum absolute atomic E-state index is 0.0145. The SMILES string of the molecule is CC(C)(C)N1C(=O)Cc2cccnc21.Cc1ccc(CO)c(CC2C(=O)N(C(C)(C)C)c3ncccc32)c1.Cc1ccc(COC2CCCCO2)c(C=O)c1. The molecule has 10 heteroatoms. The molecule has 10 nitrogen and oxygen atoms in total. The molecule has 1 N–H and O–H groups in total. The summed E-state index contributed by atoms with van der Waals surface area (Å²) in [7, 11) is 0. The van der Waals surface area contributed by atoms with Crippen LogP contribution in [-0.2, 0) is 45.1 Å². The fourth-order valence-corrected chi connectivity index (χ4v) is 7.23. The molecule has 292 valence electrons.